The fourth-order valence-corrected chi connectivity index (χ4v) is 1.10. The van der Waals surface area contributed by atoms with Crippen molar-refractivity contribution in [2.45, 2.75) is 0 Å². The van der Waals surface area contributed by atoms with Gasteiger partial charge < -0.3 is 10.7 Å². The van der Waals surface area contributed by atoms with E-state index in [-0.39, 0.29) is 5.43 Å². The molecule has 0 saturated carbocycles. The summed E-state index contributed by atoms with van der Waals surface area (Å²) in [4.78, 5) is 18.0. The van der Waals surface area contributed by atoms with Crippen LogP contribution in [0.4, 0.5) is 5.82 Å². The quantitative estimate of drug-likeness (QED) is 0.591. The zero-order valence-corrected chi connectivity index (χ0v) is 6.24. The summed E-state index contributed by atoms with van der Waals surface area (Å²) in [5, 5.41) is 0. The number of nitrogen functional groups attached to an aromatic ring is 1. The highest BCUT2D eigenvalue weighted by Gasteiger charge is 1.98. The Morgan fingerprint density at radius 3 is 3.17 bits per heavy atom. The molecule has 0 amide bonds. The first-order valence-electron chi connectivity index (χ1n) is 3.51. The summed E-state index contributed by atoms with van der Waals surface area (Å²) in [5.41, 5.74) is 6.38. The summed E-state index contributed by atoms with van der Waals surface area (Å²) < 4.78 is 0. The molecule has 0 atom stereocenters. The largest absolute Gasteiger partial charge is 0.385 e. The number of nitrogens with zero attached hydrogens (tertiary/aromatic N) is 1. The molecule has 2 aromatic heterocycles. The van der Waals surface area contributed by atoms with Gasteiger partial charge in [-0.25, -0.2) is 0 Å². The standard InChI is InChI=1S/C8H7N3O/c9-7-4-6(12)8-5(11-7)2-1-3-10-8/h1-4H,(H3,9,11,12). The van der Waals surface area contributed by atoms with E-state index >= 15 is 0 Å². The van der Waals surface area contributed by atoms with Crippen molar-refractivity contribution in [1.82, 2.24) is 9.97 Å². The Balaban J connectivity index is 2.99. The van der Waals surface area contributed by atoms with Crippen molar-refractivity contribution in [3.05, 3.63) is 34.6 Å². The third kappa shape index (κ3) is 0.934. The van der Waals surface area contributed by atoms with Gasteiger partial charge in [-0.05, 0) is 12.1 Å². The molecule has 0 fully saturated rings. The number of nitrogens with one attached hydrogen (secondary N) is 1. The molecule has 0 aliphatic carbocycles. The third-order valence-corrected chi connectivity index (χ3v) is 1.61. The SMILES string of the molecule is Nc1cc(=O)c2ncccc2[nH]1. The van der Waals surface area contributed by atoms with Crippen LogP contribution in [0.5, 0.6) is 0 Å². The van der Waals surface area contributed by atoms with Gasteiger partial charge in [-0.1, -0.05) is 0 Å². The van der Waals surface area contributed by atoms with E-state index < -0.39 is 0 Å². The molecule has 2 rings (SSSR count). The molecule has 60 valence electrons. The van der Waals surface area contributed by atoms with E-state index in [1.807, 2.05) is 0 Å². The number of fused-ring (bicyclic) bond motifs is 1. The monoisotopic (exact) mass is 161 g/mol. The molecule has 0 unspecified atom stereocenters. The lowest BCUT2D eigenvalue weighted by Gasteiger charge is -1.96. The van der Waals surface area contributed by atoms with Crippen molar-refractivity contribution in [3.8, 4) is 0 Å². The summed E-state index contributed by atoms with van der Waals surface area (Å²) in [7, 11) is 0. The fraction of sp³-hybridized carbons (Fsp3) is 0. The number of H-pyrrole nitrogens is 1. The van der Waals surface area contributed by atoms with Gasteiger partial charge in [0.15, 0.2) is 0 Å². The van der Waals surface area contributed by atoms with Gasteiger partial charge in [-0.15, -0.1) is 0 Å². The van der Waals surface area contributed by atoms with E-state index in [4.69, 9.17) is 5.73 Å². The lowest BCUT2D eigenvalue weighted by Crippen LogP contribution is -2.05. The molecular weight excluding hydrogens is 154 g/mol. The van der Waals surface area contributed by atoms with Gasteiger partial charge in [-0.3, -0.25) is 9.78 Å². The normalized spacial score (nSPS) is 10.3. The number of hydrogen-bond acceptors (Lipinski definition) is 3. The Labute approximate surface area is 68.1 Å². The summed E-state index contributed by atoms with van der Waals surface area (Å²) in [6, 6.07) is 4.84. The van der Waals surface area contributed by atoms with Crippen LogP contribution < -0.4 is 11.2 Å². The van der Waals surface area contributed by atoms with Crippen LogP contribution in [0.15, 0.2) is 29.2 Å². The first-order chi connectivity index (χ1) is 5.77. The predicted octanol–water partition coefficient (Wildman–Crippen LogP) is 0.505. The number of nitrogens with two attached hydrogens (primary N) is 1. The minimum atomic E-state index is -0.151. The van der Waals surface area contributed by atoms with Gasteiger partial charge in [0.25, 0.3) is 0 Å². The van der Waals surface area contributed by atoms with Crippen molar-refractivity contribution >= 4 is 16.9 Å². The molecule has 0 radical (unpaired) electrons. The van der Waals surface area contributed by atoms with Gasteiger partial charge in [0.05, 0.1) is 5.52 Å². The highest BCUT2D eigenvalue weighted by Crippen LogP contribution is 2.04. The molecule has 0 saturated heterocycles. The number of hydrogen-bond donors (Lipinski definition) is 2. The van der Waals surface area contributed by atoms with E-state index in [1.54, 1.807) is 18.3 Å². The van der Waals surface area contributed by atoms with Gasteiger partial charge in [0.1, 0.15) is 11.3 Å². The minimum absolute atomic E-state index is 0.151. The highest BCUT2D eigenvalue weighted by atomic mass is 16.1. The van der Waals surface area contributed by atoms with E-state index in [1.165, 1.54) is 6.07 Å². The third-order valence-electron chi connectivity index (χ3n) is 1.61. The maximum atomic E-state index is 11.2. The first kappa shape index (κ1) is 6.84. The van der Waals surface area contributed by atoms with Crippen molar-refractivity contribution in [1.29, 1.82) is 0 Å². The van der Waals surface area contributed by atoms with Crippen molar-refractivity contribution in [2.75, 3.05) is 5.73 Å². The topological polar surface area (TPSA) is 71.8 Å². The van der Waals surface area contributed by atoms with Gasteiger partial charge in [-0.2, -0.15) is 0 Å². The maximum Gasteiger partial charge on any atom is 0.209 e. The lowest BCUT2D eigenvalue weighted by molar-refractivity contribution is 1.32. The van der Waals surface area contributed by atoms with E-state index in [0.29, 0.717) is 16.9 Å². The van der Waals surface area contributed by atoms with Crippen LogP contribution in [-0.4, -0.2) is 9.97 Å². The first-order valence-corrected chi connectivity index (χ1v) is 3.51. The lowest BCUT2D eigenvalue weighted by atomic mass is 10.3. The molecule has 0 aliphatic rings. The number of aromatic amines is 1. The molecular formula is C8H7N3O. The van der Waals surface area contributed by atoms with Crippen LogP contribution in [0, 0.1) is 0 Å². The molecule has 0 aromatic carbocycles. The van der Waals surface area contributed by atoms with Crippen molar-refractivity contribution < 1.29 is 0 Å². The average Bonchev–Trinajstić information content (AvgIpc) is 2.04. The predicted molar refractivity (Wildman–Crippen MR) is 46.8 cm³/mol. The number of anilines is 1. The Morgan fingerprint density at radius 2 is 2.33 bits per heavy atom. The molecule has 4 heteroatoms. The second-order valence-electron chi connectivity index (χ2n) is 2.49. The van der Waals surface area contributed by atoms with Crippen LogP contribution in [0.1, 0.15) is 0 Å². The Hall–Kier alpha value is -1.84. The van der Waals surface area contributed by atoms with Crippen LogP contribution in [-0.2, 0) is 0 Å². The minimum Gasteiger partial charge on any atom is -0.385 e. The number of aromatic nitrogens is 2. The summed E-state index contributed by atoms with van der Waals surface area (Å²) in [5.74, 6) is 0.362. The molecule has 4 nitrogen and oxygen atoms in total. The summed E-state index contributed by atoms with van der Waals surface area (Å²) >= 11 is 0. The van der Waals surface area contributed by atoms with Crippen LogP contribution in [0.3, 0.4) is 0 Å². The molecule has 0 spiro atoms. The highest BCUT2D eigenvalue weighted by molar-refractivity contribution is 5.75. The fourth-order valence-electron chi connectivity index (χ4n) is 1.10. The van der Waals surface area contributed by atoms with Gasteiger partial charge in [0, 0.05) is 12.3 Å². The summed E-state index contributed by atoms with van der Waals surface area (Å²) in [6.07, 6.45) is 1.58. The smallest absolute Gasteiger partial charge is 0.209 e. The van der Waals surface area contributed by atoms with Gasteiger partial charge in [0.2, 0.25) is 5.43 Å². The maximum absolute atomic E-state index is 11.2. The van der Waals surface area contributed by atoms with E-state index in [0.717, 1.165) is 0 Å². The molecule has 12 heavy (non-hydrogen) atoms. The molecule has 0 aliphatic heterocycles. The Bertz CT molecular complexity index is 475. The average molecular weight is 161 g/mol. The van der Waals surface area contributed by atoms with Crippen LogP contribution in [0.2, 0.25) is 0 Å². The Morgan fingerprint density at radius 1 is 1.50 bits per heavy atom. The Kier molecular flexibility index (Phi) is 1.33. The second kappa shape index (κ2) is 2.34. The van der Waals surface area contributed by atoms with Crippen molar-refractivity contribution in [2.24, 2.45) is 0 Å². The molecule has 0 bridgehead atoms. The summed E-state index contributed by atoms with van der Waals surface area (Å²) in [6.45, 7) is 0. The zero-order valence-electron chi connectivity index (χ0n) is 6.24. The number of pyridine rings is 2. The van der Waals surface area contributed by atoms with E-state index in [9.17, 15) is 4.79 Å². The van der Waals surface area contributed by atoms with E-state index in [2.05, 4.69) is 9.97 Å². The molecule has 2 heterocycles. The van der Waals surface area contributed by atoms with Crippen LogP contribution >= 0.6 is 0 Å². The molecule has 2 aromatic rings. The molecule has 3 N–H and O–H groups in total. The zero-order chi connectivity index (χ0) is 8.55. The van der Waals surface area contributed by atoms with Crippen LogP contribution in [0.25, 0.3) is 11.0 Å². The van der Waals surface area contributed by atoms with Crippen molar-refractivity contribution in [3.63, 3.8) is 0 Å². The number of rotatable bonds is 0. The second-order valence-corrected chi connectivity index (χ2v) is 2.49. The van der Waals surface area contributed by atoms with Gasteiger partial charge >= 0.3 is 0 Å².